The van der Waals surface area contributed by atoms with E-state index in [0.29, 0.717) is 6.61 Å². The van der Waals surface area contributed by atoms with Crippen LogP contribution in [0.1, 0.15) is 142 Å². The lowest BCUT2D eigenvalue weighted by Gasteiger charge is -2.28. The summed E-state index contributed by atoms with van der Waals surface area (Å²) in [7, 11) is -4.50. The second-order valence-electron chi connectivity index (χ2n) is 13.5. The van der Waals surface area contributed by atoms with Crippen LogP contribution in [0, 0.1) is 5.92 Å². The number of phosphoric ester groups is 1. The van der Waals surface area contributed by atoms with Crippen molar-refractivity contribution in [1.82, 2.24) is 4.90 Å². The Morgan fingerprint density at radius 1 is 0.911 bits per heavy atom. The second kappa shape index (κ2) is 19.5. The molecule has 258 valence electrons. The SMILES string of the molecule is CCCCCCCCCCCCCCCCCCOCC(COP(=O)(O)OC1(c2ccccc2)N2CCC(C)C21C)OC(C)=O. The third-order valence-corrected chi connectivity index (χ3v) is 10.9. The number of nitrogens with zero attached hydrogens (tertiary/aromatic N) is 1. The van der Waals surface area contributed by atoms with Gasteiger partial charge in [-0.25, -0.2) is 4.57 Å². The van der Waals surface area contributed by atoms with E-state index in [9.17, 15) is 14.3 Å². The predicted molar refractivity (Wildman–Crippen MR) is 180 cm³/mol. The Kier molecular flexibility index (Phi) is 16.6. The number of benzene rings is 1. The molecular weight excluding hydrogens is 589 g/mol. The fourth-order valence-corrected chi connectivity index (χ4v) is 8.25. The number of hydrogen-bond acceptors (Lipinski definition) is 7. The van der Waals surface area contributed by atoms with Gasteiger partial charge in [-0.05, 0) is 25.7 Å². The zero-order chi connectivity index (χ0) is 32.6. The van der Waals surface area contributed by atoms with Gasteiger partial charge in [0, 0.05) is 25.6 Å². The Morgan fingerprint density at radius 2 is 1.44 bits per heavy atom. The summed E-state index contributed by atoms with van der Waals surface area (Å²) in [5, 5.41) is 0. The number of rotatable bonds is 26. The number of fused-ring (bicyclic) bond motifs is 1. The summed E-state index contributed by atoms with van der Waals surface area (Å²) in [6.07, 6.45) is 21.2. The van der Waals surface area contributed by atoms with Crippen LogP contribution in [0.4, 0.5) is 0 Å². The van der Waals surface area contributed by atoms with E-state index < -0.39 is 31.2 Å². The van der Waals surface area contributed by atoms with E-state index in [-0.39, 0.29) is 19.1 Å². The molecule has 1 N–H and O–H groups in total. The minimum absolute atomic E-state index is 0.100. The van der Waals surface area contributed by atoms with Crippen LogP contribution in [0.15, 0.2) is 30.3 Å². The van der Waals surface area contributed by atoms with Gasteiger partial charge in [0.1, 0.15) is 6.10 Å². The first-order valence-corrected chi connectivity index (χ1v) is 19.4. The third kappa shape index (κ3) is 11.4. The standard InChI is InChI=1S/C36H62NO7P/c1-5-6-7-8-9-10-11-12-13-14-15-16-17-18-19-23-28-41-29-34(43-32(3)38)30-42-45(39,40)44-36(33-24-21-20-22-25-33)35(4)31(2)26-27-37(35)36/h20-22,24-25,31,34H,5-19,23,26-30H2,1-4H3,(H,39,40). The number of piperidine rings is 1. The van der Waals surface area contributed by atoms with Crippen molar-refractivity contribution in [1.29, 1.82) is 0 Å². The molecule has 0 saturated carbocycles. The molecule has 2 saturated heterocycles. The zero-order valence-electron chi connectivity index (χ0n) is 28.7. The number of hydrogen-bond donors (Lipinski definition) is 1. The molecular formula is C36H62NO7P. The van der Waals surface area contributed by atoms with Crippen LogP contribution in [0.25, 0.3) is 0 Å². The van der Waals surface area contributed by atoms with E-state index >= 15 is 0 Å². The molecule has 6 unspecified atom stereocenters. The number of carbonyl (C=O) groups is 1. The molecule has 0 amide bonds. The van der Waals surface area contributed by atoms with Gasteiger partial charge >= 0.3 is 13.8 Å². The number of ether oxygens (including phenoxy) is 2. The highest BCUT2D eigenvalue weighted by molar-refractivity contribution is 7.47. The fourth-order valence-electron chi connectivity index (χ4n) is 7.12. The van der Waals surface area contributed by atoms with Crippen molar-refractivity contribution in [2.75, 3.05) is 26.4 Å². The highest BCUT2D eigenvalue weighted by Crippen LogP contribution is 2.71. The van der Waals surface area contributed by atoms with E-state index in [1.165, 1.54) is 96.8 Å². The average Bonchev–Trinajstić information content (AvgIpc) is 3.37. The summed E-state index contributed by atoms with van der Waals surface area (Å²) in [5.74, 6) is -0.210. The first-order chi connectivity index (χ1) is 21.7. The van der Waals surface area contributed by atoms with Gasteiger partial charge < -0.3 is 14.4 Å². The van der Waals surface area contributed by atoms with Gasteiger partial charge in [-0.1, -0.05) is 140 Å². The number of unbranched alkanes of at least 4 members (excludes halogenated alkanes) is 15. The molecule has 6 atom stereocenters. The molecule has 1 aromatic rings. The third-order valence-electron chi connectivity index (χ3n) is 9.94. The summed E-state index contributed by atoms with van der Waals surface area (Å²) in [6.45, 7) is 8.93. The van der Waals surface area contributed by atoms with Crippen molar-refractivity contribution in [2.24, 2.45) is 5.92 Å². The molecule has 2 fully saturated rings. The fraction of sp³-hybridized carbons (Fsp3) is 0.806. The van der Waals surface area contributed by atoms with E-state index in [1.807, 2.05) is 30.3 Å². The smallest absolute Gasteiger partial charge is 0.458 e. The lowest BCUT2D eigenvalue weighted by Crippen LogP contribution is -2.32. The Morgan fingerprint density at radius 3 is 1.93 bits per heavy atom. The Hall–Kier alpha value is -1.28. The van der Waals surface area contributed by atoms with Gasteiger partial charge in [-0.3, -0.25) is 18.7 Å². The van der Waals surface area contributed by atoms with Gasteiger partial charge in [0.2, 0.25) is 0 Å². The minimum Gasteiger partial charge on any atom is -0.458 e. The van der Waals surface area contributed by atoms with Crippen LogP contribution >= 0.6 is 7.82 Å². The van der Waals surface area contributed by atoms with Crippen molar-refractivity contribution in [3.63, 3.8) is 0 Å². The van der Waals surface area contributed by atoms with Gasteiger partial charge in [-0.2, -0.15) is 0 Å². The van der Waals surface area contributed by atoms with Gasteiger partial charge in [0.05, 0.1) is 18.8 Å². The van der Waals surface area contributed by atoms with Crippen molar-refractivity contribution < 1.29 is 32.8 Å². The first-order valence-electron chi connectivity index (χ1n) is 17.9. The maximum Gasteiger partial charge on any atom is 0.474 e. The van der Waals surface area contributed by atoms with E-state index in [0.717, 1.165) is 31.4 Å². The molecule has 3 rings (SSSR count). The maximum absolute atomic E-state index is 13.3. The summed E-state index contributed by atoms with van der Waals surface area (Å²) < 4.78 is 35.8. The summed E-state index contributed by atoms with van der Waals surface area (Å²) in [4.78, 5) is 24.7. The molecule has 2 heterocycles. The molecule has 0 bridgehead atoms. The van der Waals surface area contributed by atoms with Crippen LogP contribution in [0.5, 0.6) is 0 Å². The van der Waals surface area contributed by atoms with Gasteiger partial charge in [0.25, 0.3) is 0 Å². The Bertz CT molecular complexity index is 1030. The van der Waals surface area contributed by atoms with Crippen LogP contribution in [0.2, 0.25) is 0 Å². The zero-order valence-corrected chi connectivity index (χ0v) is 29.6. The summed E-state index contributed by atoms with van der Waals surface area (Å²) in [6, 6.07) is 9.56. The number of carbonyl (C=O) groups excluding carboxylic acids is 1. The van der Waals surface area contributed by atoms with Crippen LogP contribution in [0.3, 0.4) is 0 Å². The largest absolute Gasteiger partial charge is 0.474 e. The second-order valence-corrected chi connectivity index (χ2v) is 14.8. The molecule has 0 aliphatic carbocycles. The van der Waals surface area contributed by atoms with Crippen LogP contribution < -0.4 is 0 Å². The highest BCUT2D eigenvalue weighted by atomic mass is 31.2. The minimum atomic E-state index is -4.50. The average molecular weight is 652 g/mol. The van der Waals surface area contributed by atoms with E-state index in [4.69, 9.17) is 18.5 Å². The van der Waals surface area contributed by atoms with Crippen LogP contribution in [-0.4, -0.2) is 53.8 Å². The molecule has 2 aliphatic heterocycles. The maximum atomic E-state index is 13.3. The Balaban J connectivity index is 1.28. The van der Waals surface area contributed by atoms with Crippen molar-refractivity contribution in [3.05, 3.63) is 35.9 Å². The van der Waals surface area contributed by atoms with Gasteiger partial charge in [0.15, 0.2) is 5.72 Å². The molecule has 2 aliphatic rings. The Labute approximate surface area is 273 Å². The molecule has 9 heteroatoms. The molecule has 1 aromatic carbocycles. The van der Waals surface area contributed by atoms with Crippen molar-refractivity contribution >= 4 is 13.8 Å². The molecule has 0 spiro atoms. The molecule has 0 radical (unpaired) electrons. The summed E-state index contributed by atoms with van der Waals surface area (Å²) in [5.41, 5.74) is -0.603. The van der Waals surface area contributed by atoms with Crippen LogP contribution in [-0.2, 0) is 33.6 Å². The molecule has 45 heavy (non-hydrogen) atoms. The summed E-state index contributed by atoms with van der Waals surface area (Å²) >= 11 is 0. The molecule has 8 nitrogen and oxygen atoms in total. The number of esters is 1. The van der Waals surface area contributed by atoms with E-state index in [2.05, 4.69) is 25.7 Å². The topological polar surface area (TPSA) is 94.3 Å². The first kappa shape index (κ1) is 38.2. The van der Waals surface area contributed by atoms with Gasteiger partial charge in [-0.15, -0.1) is 0 Å². The monoisotopic (exact) mass is 651 g/mol. The number of phosphoric acid groups is 1. The van der Waals surface area contributed by atoms with E-state index in [1.54, 1.807) is 0 Å². The normalized spacial score (nSPS) is 25.9. The predicted octanol–water partition coefficient (Wildman–Crippen LogP) is 9.30. The van der Waals surface area contributed by atoms with Crippen molar-refractivity contribution in [3.8, 4) is 0 Å². The quantitative estimate of drug-likeness (QED) is 0.0458. The molecule has 0 aromatic heterocycles. The van der Waals surface area contributed by atoms with Crippen molar-refractivity contribution in [2.45, 2.75) is 154 Å². The lowest BCUT2D eigenvalue weighted by atomic mass is 9.85. The highest BCUT2D eigenvalue weighted by Gasteiger charge is 2.80. The lowest BCUT2D eigenvalue weighted by molar-refractivity contribution is -0.152.